The number of oxazole rings is 1. The highest BCUT2D eigenvalue weighted by molar-refractivity contribution is 6.30. The highest BCUT2D eigenvalue weighted by atomic mass is 35.5. The van der Waals surface area contributed by atoms with Gasteiger partial charge < -0.3 is 4.42 Å². The van der Waals surface area contributed by atoms with Crippen molar-refractivity contribution in [3.63, 3.8) is 0 Å². The van der Waals surface area contributed by atoms with Crippen LogP contribution in [0.15, 0.2) is 34.9 Å². The molecule has 1 aromatic heterocycles. The zero-order valence-electron chi connectivity index (χ0n) is 11.5. The molecule has 0 radical (unpaired) electrons. The standard InChI is InChI=1S/C15H19ClN2O/c1-4-14(12-6-5-7-13(16)8-12)18-11(3)15-17-9-10(2)19-15/h5-9,11,14,18H,4H2,1-3H3. The van der Waals surface area contributed by atoms with E-state index < -0.39 is 0 Å². The van der Waals surface area contributed by atoms with Gasteiger partial charge >= 0.3 is 0 Å². The second-order valence-corrected chi connectivity index (χ2v) is 5.15. The van der Waals surface area contributed by atoms with Crippen LogP contribution in [0.5, 0.6) is 0 Å². The molecule has 2 aromatic rings. The number of hydrogen-bond donors (Lipinski definition) is 1. The van der Waals surface area contributed by atoms with Gasteiger partial charge in [0.25, 0.3) is 0 Å². The lowest BCUT2D eigenvalue weighted by atomic mass is 10.0. The Bertz CT molecular complexity index is 538. The molecular weight excluding hydrogens is 260 g/mol. The molecule has 0 aliphatic heterocycles. The smallest absolute Gasteiger partial charge is 0.211 e. The van der Waals surface area contributed by atoms with Crippen molar-refractivity contribution < 1.29 is 4.42 Å². The normalized spacial score (nSPS) is 14.3. The molecule has 0 fully saturated rings. The quantitative estimate of drug-likeness (QED) is 0.879. The van der Waals surface area contributed by atoms with Gasteiger partial charge in [0.15, 0.2) is 0 Å². The van der Waals surface area contributed by atoms with Crippen LogP contribution in [0.2, 0.25) is 5.02 Å². The molecule has 1 aromatic carbocycles. The maximum atomic E-state index is 6.04. The van der Waals surface area contributed by atoms with Crippen LogP contribution in [-0.4, -0.2) is 4.98 Å². The van der Waals surface area contributed by atoms with Crippen LogP contribution in [0, 0.1) is 6.92 Å². The Morgan fingerprint density at radius 2 is 2.21 bits per heavy atom. The molecule has 0 bridgehead atoms. The zero-order valence-corrected chi connectivity index (χ0v) is 12.2. The molecule has 3 nitrogen and oxygen atoms in total. The van der Waals surface area contributed by atoms with Crippen LogP contribution in [0.1, 0.15) is 49.6 Å². The molecule has 1 heterocycles. The third-order valence-electron chi connectivity index (χ3n) is 3.12. The van der Waals surface area contributed by atoms with Crippen molar-refractivity contribution in [3.8, 4) is 0 Å². The number of hydrogen-bond acceptors (Lipinski definition) is 3. The van der Waals surface area contributed by atoms with E-state index in [1.165, 1.54) is 5.56 Å². The summed E-state index contributed by atoms with van der Waals surface area (Å²) in [5, 5.41) is 4.29. The molecule has 2 unspecified atom stereocenters. The van der Waals surface area contributed by atoms with Crippen molar-refractivity contribution in [3.05, 3.63) is 52.7 Å². The average molecular weight is 279 g/mol. The van der Waals surface area contributed by atoms with Crippen molar-refractivity contribution in [2.24, 2.45) is 0 Å². The molecule has 4 heteroatoms. The fourth-order valence-corrected chi connectivity index (χ4v) is 2.32. The summed E-state index contributed by atoms with van der Waals surface area (Å²) < 4.78 is 5.55. The Labute approximate surface area is 119 Å². The molecule has 102 valence electrons. The lowest BCUT2D eigenvalue weighted by Gasteiger charge is -2.21. The number of benzene rings is 1. The van der Waals surface area contributed by atoms with Crippen molar-refractivity contribution in [2.45, 2.75) is 39.3 Å². The van der Waals surface area contributed by atoms with Gasteiger partial charge in [-0.1, -0.05) is 30.7 Å². The predicted molar refractivity (Wildman–Crippen MR) is 77.3 cm³/mol. The number of rotatable bonds is 5. The molecule has 2 rings (SSSR count). The van der Waals surface area contributed by atoms with Gasteiger partial charge in [-0.05, 0) is 38.0 Å². The average Bonchev–Trinajstić information content (AvgIpc) is 2.82. The van der Waals surface area contributed by atoms with Gasteiger partial charge in [0.05, 0.1) is 12.2 Å². The Morgan fingerprint density at radius 3 is 2.79 bits per heavy atom. The molecule has 0 aliphatic carbocycles. The second kappa shape index (κ2) is 6.22. The molecule has 2 atom stereocenters. The van der Waals surface area contributed by atoms with E-state index in [1.54, 1.807) is 6.20 Å². The molecule has 0 saturated heterocycles. The third kappa shape index (κ3) is 3.58. The number of nitrogens with zero attached hydrogens (tertiary/aromatic N) is 1. The summed E-state index contributed by atoms with van der Waals surface area (Å²) in [7, 11) is 0. The second-order valence-electron chi connectivity index (χ2n) is 4.71. The van der Waals surface area contributed by atoms with E-state index in [1.807, 2.05) is 25.1 Å². The zero-order chi connectivity index (χ0) is 13.8. The van der Waals surface area contributed by atoms with Crippen LogP contribution in [0.3, 0.4) is 0 Å². The highest BCUT2D eigenvalue weighted by Crippen LogP contribution is 2.24. The molecule has 0 amide bonds. The minimum atomic E-state index is 0.0673. The third-order valence-corrected chi connectivity index (χ3v) is 3.36. The number of halogens is 1. The van der Waals surface area contributed by atoms with E-state index in [0.717, 1.165) is 23.1 Å². The molecule has 0 spiro atoms. The van der Waals surface area contributed by atoms with E-state index in [2.05, 4.69) is 30.2 Å². The van der Waals surface area contributed by atoms with Gasteiger partial charge in [-0.15, -0.1) is 0 Å². The van der Waals surface area contributed by atoms with Gasteiger partial charge in [-0.3, -0.25) is 5.32 Å². The largest absolute Gasteiger partial charge is 0.444 e. The number of aryl methyl sites for hydroxylation is 1. The van der Waals surface area contributed by atoms with E-state index in [9.17, 15) is 0 Å². The van der Waals surface area contributed by atoms with Crippen molar-refractivity contribution in [2.75, 3.05) is 0 Å². The maximum absolute atomic E-state index is 6.04. The fourth-order valence-electron chi connectivity index (χ4n) is 2.12. The summed E-state index contributed by atoms with van der Waals surface area (Å²) in [5.41, 5.74) is 1.19. The lowest BCUT2D eigenvalue weighted by Crippen LogP contribution is -2.24. The van der Waals surface area contributed by atoms with Gasteiger partial charge in [0.2, 0.25) is 5.89 Å². The predicted octanol–water partition coefficient (Wildman–Crippen LogP) is 4.44. The SMILES string of the molecule is CCC(NC(C)c1ncc(C)o1)c1cccc(Cl)c1. The van der Waals surface area contributed by atoms with Crippen LogP contribution in [-0.2, 0) is 0 Å². The Morgan fingerprint density at radius 1 is 1.42 bits per heavy atom. The van der Waals surface area contributed by atoms with Gasteiger partial charge in [-0.25, -0.2) is 4.98 Å². The Balaban J connectivity index is 2.11. The van der Waals surface area contributed by atoms with Crippen LogP contribution >= 0.6 is 11.6 Å². The minimum absolute atomic E-state index is 0.0673. The Hall–Kier alpha value is -1.32. The summed E-state index contributed by atoms with van der Waals surface area (Å²) in [4.78, 5) is 4.26. The molecule has 0 saturated carbocycles. The summed E-state index contributed by atoms with van der Waals surface area (Å²) in [6, 6.07) is 8.25. The fraction of sp³-hybridized carbons (Fsp3) is 0.400. The minimum Gasteiger partial charge on any atom is -0.444 e. The number of nitrogens with one attached hydrogen (secondary N) is 1. The topological polar surface area (TPSA) is 38.1 Å². The summed E-state index contributed by atoms with van der Waals surface area (Å²) in [6.45, 7) is 6.10. The molecular formula is C15H19ClN2O. The van der Waals surface area contributed by atoms with Gasteiger partial charge in [-0.2, -0.15) is 0 Å². The molecule has 1 N–H and O–H groups in total. The first-order valence-corrected chi connectivity index (χ1v) is 6.91. The van der Waals surface area contributed by atoms with E-state index in [-0.39, 0.29) is 12.1 Å². The van der Waals surface area contributed by atoms with Crippen molar-refractivity contribution in [1.82, 2.24) is 10.3 Å². The Kier molecular flexibility index (Phi) is 4.61. The summed E-state index contributed by atoms with van der Waals surface area (Å²) in [5.74, 6) is 1.55. The first-order valence-electron chi connectivity index (χ1n) is 6.54. The van der Waals surface area contributed by atoms with Gasteiger partial charge in [0.1, 0.15) is 5.76 Å². The monoisotopic (exact) mass is 278 g/mol. The van der Waals surface area contributed by atoms with Crippen LogP contribution < -0.4 is 5.32 Å². The van der Waals surface area contributed by atoms with Gasteiger partial charge in [0, 0.05) is 11.1 Å². The molecule has 19 heavy (non-hydrogen) atoms. The van der Waals surface area contributed by atoms with Crippen molar-refractivity contribution in [1.29, 1.82) is 0 Å². The van der Waals surface area contributed by atoms with E-state index in [4.69, 9.17) is 16.0 Å². The number of aromatic nitrogens is 1. The molecule has 0 aliphatic rings. The van der Waals surface area contributed by atoms with Crippen LogP contribution in [0.4, 0.5) is 0 Å². The lowest BCUT2D eigenvalue weighted by molar-refractivity contribution is 0.367. The highest BCUT2D eigenvalue weighted by Gasteiger charge is 2.17. The summed E-state index contributed by atoms with van der Waals surface area (Å²) >= 11 is 6.04. The van der Waals surface area contributed by atoms with Crippen molar-refractivity contribution >= 4 is 11.6 Å². The maximum Gasteiger partial charge on any atom is 0.211 e. The summed E-state index contributed by atoms with van der Waals surface area (Å²) in [6.07, 6.45) is 2.72. The van der Waals surface area contributed by atoms with E-state index in [0.29, 0.717) is 0 Å². The first-order chi connectivity index (χ1) is 9.10. The van der Waals surface area contributed by atoms with Crippen LogP contribution in [0.25, 0.3) is 0 Å². The first kappa shape index (κ1) is 14.1. The van der Waals surface area contributed by atoms with E-state index >= 15 is 0 Å².